The predicted molar refractivity (Wildman–Crippen MR) is 112 cm³/mol. The number of thiazole rings is 1. The van der Waals surface area contributed by atoms with E-state index >= 15 is 0 Å². The summed E-state index contributed by atoms with van der Waals surface area (Å²) in [4.78, 5) is 36.8. The monoisotopic (exact) mass is 414 g/mol. The van der Waals surface area contributed by atoms with Crippen molar-refractivity contribution >= 4 is 28.8 Å². The van der Waals surface area contributed by atoms with Gasteiger partial charge in [-0.05, 0) is 31.4 Å². The van der Waals surface area contributed by atoms with E-state index < -0.39 is 0 Å². The Hall–Kier alpha value is -2.29. The SMILES string of the molecule is O=C(Nc1ccc(-c2cscn2)cc1)C1CCCN(C(=O)CCN2CCCO2)C1. The minimum Gasteiger partial charge on any atom is -0.342 e. The summed E-state index contributed by atoms with van der Waals surface area (Å²) < 4.78 is 0. The summed E-state index contributed by atoms with van der Waals surface area (Å²) in [7, 11) is 0. The van der Waals surface area contributed by atoms with Gasteiger partial charge in [0, 0.05) is 49.2 Å². The van der Waals surface area contributed by atoms with E-state index in [9.17, 15) is 9.59 Å². The van der Waals surface area contributed by atoms with Crippen molar-refractivity contribution in [1.82, 2.24) is 14.9 Å². The van der Waals surface area contributed by atoms with Crippen LogP contribution in [0.25, 0.3) is 11.3 Å². The molecule has 1 N–H and O–H groups in total. The number of aromatic nitrogens is 1. The molecule has 0 aliphatic carbocycles. The van der Waals surface area contributed by atoms with Crippen molar-refractivity contribution in [3.63, 3.8) is 0 Å². The normalized spacial score (nSPS) is 20.0. The standard InChI is InChI=1S/C21H26N4O3S/c26-20(8-11-25-10-2-12-28-25)24-9-1-3-17(13-24)21(27)23-18-6-4-16(5-7-18)19-14-29-15-22-19/h4-7,14-15,17H,1-3,8-13H2,(H,23,27). The number of nitrogens with zero attached hydrogens (tertiary/aromatic N) is 3. The minimum atomic E-state index is -0.172. The van der Waals surface area contributed by atoms with Gasteiger partial charge in [-0.2, -0.15) is 5.06 Å². The molecule has 8 heteroatoms. The van der Waals surface area contributed by atoms with Gasteiger partial charge in [0.2, 0.25) is 11.8 Å². The molecule has 2 fully saturated rings. The maximum atomic E-state index is 12.7. The maximum Gasteiger partial charge on any atom is 0.229 e. The van der Waals surface area contributed by atoms with Gasteiger partial charge in [0.05, 0.1) is 23.7 Å². The quantitative estimate of drug-likeness (QED) is 0.787. The van der Waals surface area contributed by atoms with Gasteiger partial charge in [-0.3, -0.25) is 14.4 Å². The number of amides is 2. The molecule has 4 rings (SSSR count). The number of carbonyl (C=O) groups is 2. The Labute approximate surface area is 174 Å². The first-order valence-electron chi connectivity index (χ1n) is 10.1. The van der Waals surface area contributed by atoms with Crippen LogP contribution >= 0.6 is 11.3 Å². The molecule has 0 saturated carbocycles. The number of rotatable bonds is 6. The molecule has 7 nitrogen and oxygen atoms in total. The molecular weight excluding hydrogens is 388 g/mol. The van der Waals surface area contributed by atoms with E-state index in [2.05, 4.69) is 10.3 Å². The topological polar surface area (TPSA) is 74.8 Å². The maximum absolute atomic E-state index is 12.7. The predicted octanol–water partition coefficient (Wildman–Crippen LogP) is 3.01. The van der Waals surface area contributed by atoms with Crippen molar-refractivity contribution in [3.05, 3.63) is 35.2 Å². The molecule has 154 valence electrons. The van der Waals surface area contributed by atoms with E-state index in [-0.39, 0.29) is 17.7 Å². The summed E-state index contributed by atoms with van der Waals surface area (Å²) in [5.41, 5.74) is 4.54. The van der Waals surface area contributed by atoms with Gasteiger partial charge in [0.1, 0.15) is 0 Å². The lowest BCUT2D eigenvalue weighted by molar-refractivity contribution is -0.141. The number of benzene rings is 1. The fourth-order valence-electron chi connectivity index (χ4n) is 3.80. The largest absolute Gasteiger partial charge is 0.342 e. The Morgan fingerprint density at radius 3 is 2.79 bits per heavy atom. The van der Waals surface area contributed by atoms with Crippen LogP contribution in [0.5, 0.6) is 0 Å². The van der Waals surface area contributed by atoms with Gasteiger partial charge >= 0.3 is 0 Å². The molecule has 0 radical (unpaired) electrons. The van der Waals surface area contributed by atoms with Crippen LogP contribution < -0.4 is 5.32 Å². The van der Waals surface area contributed by atoms with E-state index in [4.69, 9.17) is 4.84 Å². The first-order chi connectivity index (χ1) is 14.2. The van der Waals surface area contributed by atoms with Crippen molar-refractivity contribution < 1.29 is 14.4 Å². The zero-order valence-electron chi connectivity index (χ0n) is 16.4. The Bertz CT molecular complexity index is 819. The summed E-state index contributed by atoms with van der Waals surface area (Å²) in [6.07, 6.45) is 3.12. The highest BCUT2D eigenvalue weighted by atomic mass is 32.1. The average molecular weight is 415 g/mol. The molecule has 1 aromatic heterocycles. The van der Waals surface area contributed by atoms with Gasteiger partial charge in [-0.1, -0.05) is 12.1 Å². The summed E-state index contributed by atoms with van der Waals surface area (Å²) >= 11 is 1.56. The van der Waals surface area contributed by atoms with Gasteiger partial charge in [-0.25, -0.2) is 4.98 Å². The molecule has 2 aliphatic rings. The van der Waals surface area contributed by atoms with Gasteiger partial charge in [0.15, 0.2) is 0 Å². The number of hydrogen-bond donors (Lipinski definition) is 1. The first-order valence-corrected chi connectivity index (χ1v) is 11.1. The molecule has 0 spiro atoms. The van der Waals surface area contributed by atoms with Crippen molar-refractivity contribution in [2.45, 2.75) is 25.7 Å². The van der Waals surface area contributed by atoms with E-state index in [1.54, 1.807) is 16.8 Å². The number of piperidine rings is 1. The smallest absolute Gasteiger partial charge is 0.229 e. The molecule has 2 amide bonds. The van der Waals surface area contributed by atoms with Crippen LogP contribution in [-0.2, 0) is 14.4 Å². The van der Waals surface area contributed by atoms with Gasteiger partial charge in [-0.15, -0.1) is 11.3 Å². The molecule has 2 aromatic rings. The molecule has 1 aromatic carbocycles. The number of hydrogen-bond acceptors (Lipinski definition) is 6. The van der Waals surface area contributed by atoms with Crippen LogP contribution in [0.3, 0.4) is 0 Å². The lowest BCUT2D eigenvalue weighted by atomic mass is 9.96. The van der Waals surface area contributed by atoms with E-state index in [1.165, 1.54) is 0 Å². The lowest BCUT2D eigenvalue weighted by Gasteiger charge is -2.32. The van der Waals surface area contributed by atoms with E-state index in [0.717, 1.165) is 55.9 Å². The molecule has 1 atom stereocenters. The highest BCUT2D eigenvalue weighted by molar-refractivity contribution is 7.07. The molecule has 3 heterocycles. The second-order valence-electron chi connectivity index (χ2n) is 7.48. The van der Waals surface area contributed by atoms with Gasteiger partial charge < -0.3 is 10.2 Å². The lowest BCUT2D eigenvalue weighted by Crippen LogP contribution is -2.44. The second-order valence-corrected chi connectivity index (χ2v) is 8.20. The molecule has 29 heavy (non-hydrogen) atoms. The molecule has 2 aliphatic heterocycles. The summed E-state index contributed by atoms with van der Waals surface area (Å²) in [6.45, 7) is 3.47. The number of nitrogens with one attached hydrogen (secondary N) is 1. The third-order valence-corrected chi connectivity index (χ3v) is 6.01. The van der Waals surface area contributed by atoms with E-state index in [1.807, 2.05) is 39.6 Å². The van der Waals surface area contributed by atoms with E-state index in [0.29, 0.717) is 19.5 Å². The highest BCUT2D eigenvalue weighted by Gasteiger charge is 2.28. The minimum absolute atomic E-state index is 0.0215. The van der Waals surface area contributed by atoms with Crippen LogP contribution in [-0.4, -0.2) is 59.5 Å². The summed E-state index contributed by atoms with van der Waals surface area (Å²) in [5, 5.41) is 6.86. The van der Waals surface area contributed by atoms with Crippen molar-refractivity contribution in [2.24, 2.45) is 5.92 Å². The van der Waals surface area contributed by atoms with Crippen LogP contribution in [0.1, 0.15) is 25.7 Å². The van der Waals surface area contributed by atoms with Crippen LogP contribution in [0, 0.1) is 5.92 Å². The fraction of sp³-hybridized carbons (Fsp3) is 0.476. The Balaban J connectivity index is 1.28. The Morgan fingerprint density at radius 1 is 1.21 bits per heavy atom. The Kier molecular flexibility index (Phi) is 6.53. The average Bonchev–Trinajstić information content (AvgIpc) is 3.47. The molecular formula is C21H26N4O3S. The Morgan fingerprint density at radius 2 is 2.07 bits per heavy atom. The van der Waals surface area contributed by atoms with Gasteiger partial charge in [0.25, 0.3) is 0 Å². The summed E-state index contributed by atoms with van der Waals surface area (Å²) in [5.74, 6) is -0.0913. The highest BCUT2D eigenvalue weighted by Crippen LogP contribution is 2.23. The fourth-order valence-corrected chi connectivity index (χ4v) is 4.36. The zero-order valence-corrected chi connectivity index (χ0v) is 17.2. The van der Waals surface area contributed by atoms with Crippen LogP contribution in [0.2, 0.25) is 0 Å². The zero-order chi connectivity index (χ0) is 20.1. The second kappa shape index (κ2) is 9.47. The van der Waals surface area contributed by atoms with Crippen LogP contribution in [0.4, 0.5) is 5.69 Å². The third-order valence-electron chi connectivity index (χ3n) is 5.43. The number of likely N-dealkylation sites (tertiary alicyclic amines) is 1. The van der Waals surface area contributed by atoms with Crippen molar-refractivity contribution in [1.29, 1.82) is 0 Å². The molecule has 2 saturated heterocycles. The number of carbonyl (C=O) groups excluding carboxylic acids is 2. The van der Waals surface area contributed by atoms with Crippen LogP contribution in [0.15, 0.2) is 35.2 Å². The number of hydroxylamine groups is 2. The third kappa shape index (κ3) is 5.20. The summed E-state index contributed by atoms with van der Waals surface area (Å²) in [6, 6.07) is 7.71. The molecule has 0 bridgehead atoms. The number of anilines is 1. The van der Waals surface area contributed by atoms with Crippen molar-refractivity contribution in [3.8, 4) is 11.3 Å². The first kappa shape index (κ1) is 20.0. The molecule has 1 unspecified atom stereocenters. The van der Waals surface area contributed by atoms with Crippen molar-refractivity contribution in [2.75, 3.05) is 38.1 Å².